The quantitative estimate of drug-likeness (QED) is 0.637. The minimum absolute atomic E-state index is 0.247. The van der Waals surface area contributed by atoms with Gasteiger partial charge in [-0.15, -0.1) is 0 Å². The Balaban J connectivity index is 2.29. The zero-order valence-electron chi connectivity index (χ0n) is 13.8. The molecule has 0 heterocycles. The molecule has 0 aromatic heterocycles. The van der Waals surface area contributed by atoms with E-state index >= 15 is 0 Å². The fourth-order valence-electron chi connectivity index (χ4n) is 2.29. The molecule has 0 saturated heterocycles. The zero-order valence-corrected chi connectivity index (χ0v) is 13.8. The van der Waals surface area contributed by atoms with Crippen LogP contribution in [0.25, 0.3) is 0 Å². The largest absolute Gasteiger partial charge is 0.423 e. The molecule has 2 aromatic rings. The van der Waals surface area contributed by atoms with Crippen LogP contribution < -0.4 is 9.47 Å². The van der Waals surface area contributed by atoms with Gasteiger partial charge in [-0.25, -0.2) is 0 Å². The lowest BCUT2D eigenvalue weighted by molar-refractivity contribution is -0.134. The molecule has 4 heteroatoms. The van der Waals surface area contributed by atoms with Crippen molar-refractivity contribution in [2.24, 2.45) is 0 Å². The topological polar surface area (TPSA) is 52.6 Å². The molecule has 0 aliphatic rings. The first-order valence-electron chi connectivity index (χ1n) is 7.41. The molecule has 0 aliphatic heterocycles. The molecule has 2 rings (SSSR count). The highest BCUT2D eigenvalue weighted by Gasteiger charge is 2.11. The van der Waals surface area contributed by atoms with Crippen LogP contribution in [-0.2, 0) is 16.0 Å². The summed E-state index contributed by atoms with van der Waals surface area (Å²) in [6, 6.07) is 11.5. The predicted molar refractivity (Wildman–Crippen MR) is 87.8 cm³/mol. The second-order valence-corrected chi connectivity index (χ2v) is 5.56. The van der Waals surface area contributed by atoms with Crippen LogP contribution in [-0.4, -0.2) is 11.9 Å². The SMILES string of the molecule is CC(=O)Oc1ccc(Cc2ccc(C)c(C)c2)cc1OC(C)=O. The summed E-state index contributed by atoms with van der Waals surface area (Å²) >= 11 is 0. The lowest BCUT2D eigenvalue weighted by Crippen LogP contribution is -2.07. The van der Waals surface area contributed by atoms with Crippen molar-refractivity contribution in [1.82, 2.24) is 0 Å². The van der Waals surface area contributed by atoms with Gasteiger partial charge in [-0.1, -0.05) is 24.3 Å². The third-order valence-electron chi connectivity index (χ3n) is 3.50. The Hall–Kier alpha value is -2.62. The molecule has 0 N–H and O–H groups in total. The summed E-state index contributed by atoms with van der Waals surface area (Å²) in [6.45, 7) is 6.77. The van der Waals surface area contributed by atoms with E-state index in [0.717, 1.165) is 5.56 Å². The van der Waals surface area contributed by atoms with E-state index in [1.165, 1.54) is 30.5 Å². The summed E-state index contributed by atoms with van der Waals surface area (Å²) < 4.78 is 10.2. The second-order valence-electron chi connectivity index (χ2n) is 5.56. The Morgan fingerprint density at radius 2 is 1.35 bits per heavy atom. The van der Waals surface area contributed by atoms with Gasteiger partial charge >= 0.3 is 11.9 Å². The highest BCUT2D eigenvalue weighted by Crippen LogP contribution is 2.30. The molecule has 0 bridgehead atoms. The van der Waals surface area contributed by atoms with Crippen molar-refractivity contribution >= 4 is 11.9 Å². The fourth-order valence-corrected chi connectivity index (χ4v) is 2.29. The Kier molecular flexibility index (Phi) is 5.16. The number of hydrogen-bond donors (Lipinski definition) is 0. The summed E-state index contributed by atoms with van der Waals surface area (Å²) in [4.78, 5) is 22.4. The predicted octanol–water partition coefficient (Wildman–Crippen LogP) is 3.74. The van der Waals surface area contributed by atoms with Crippen molar-refractivity contribution in [1.29, 1.82) is 0 Å². The average molecular weight is 312 g/mol. The Morgan fingerprint density at radius 1 is 0.783 bits per heavy atom. The normalized spacial score (nSPS) is 10.3. The number of carbonyl (C=O) groups is 2. The molecule has 0 unspecified atom stereocenters. The Bertz CT molecular complexity index is 747. The van der Waals surface area contributed by atoms with Gasteiger partial charge < -0.3 is 9.47 Å². The van der Waals surface area contributed by atoms with Gasteiger partial charge in [0.1, 0.15) is 0 Å². The van der Waals surface area contributed by atoms with Crippen molar-refractivity contribution in [2.45, 2.75) is 34.1 Å². The summed E-state index contributed by atoms with van der Waals surface area (Å²) in [7, 11) is 0. The zero-order chi connectivity index (χ0) is 17.0. The minimum Gasteiger partial charge on any atom is -0.423 e. The van der Waals surface area contributed by atoms with E-state index in [-0.39, 0.29) is 11.5 Å². The van der Waals surface area contributed by atoms with E-state index < -0.39 is 11.9 Å². The Labute approximate surface area is 136 Å². The van der Waals surface area contributed by atoms with Crippen LogP contribution in [0.3, 0.4) is 0 Å². The van der Waals surface area contributed by atoms with Crippen LogP contribution in [0.15, 0.2) is 36.4 Å². The van der Waals surface area contributed by atoms with Crippen LogP contribution in [0, 0.1) is 13.8 Å². The summed E-state index contributed by atoms with van der Waals surface area (Å²) in [5.74, 6) is -0.410. The summed E-state index contributed by atoms with van der Waals surface area (Å²) in [6.07, 6.45) is 0.704. The summed E-state index contributed by atoms with van der Waals surface area (Å²) in [5, 5.41) is 0. The van der Waals surface area contributed by atoms with Gasteiger partial charge in [-0.05, 0) is 54.7 Å². The van der Waals surface area contributed by atoms with Crippen molar-refractivity contribution in [3.63, 3.8) is 0 Å². The first-order chi connectivity index (χ1) is 10.8. The molecule has 0 amide bonds. The lowest BCUT2D eigenvalue weighted by Gasteiger charge is -2.11. The average Bonchev–Trinajstić information content (AvgIpc) is 2.45. The smallest absolute Gasteiger partial charge is 0.308 e. The molecule has 0 spiro atoms. The molecule has 0 radical (unpaired) electrons. The van der Waals surface area contributed by atoms with E-state index in [4.69, 9.17) is 9.47 Å². The highest BCUT2D eigenvalue weighted by molar-refractivity contribution is 5.73. The van der Waals surface area contributed by atoms with Crippen LogP contribution in [0.4, 0.5) is 0 Å². The molecule has 2 aromatic carbocycles. The highest BCUT2D eigenvalue weighted by atomic mass is 16.6. The third-order valence-corrected chi connectivity index (χ3v) is 3.50. The minimum atomic E-state index is -0.458. The van der Waals surface area contributed by atoms with Gasteiger partial charge in [-0.3, -0.25) is 9.59 Å². The van der Waals surface area contributed by atoms with Gasteiger partial charge in [0.05, 0.1) is 0 Å². The third kappa shape index (κ3) is 4.68. The molecule has 4 nitrogen and oxygen atoms in total. The molecule has 0 aliphatic carbocycles. The van der Waals surface area contributed by atoms with E-state index in [1.807, 2.05) is 6.07 Å². The maximum Gasteiger partial charge on any atom is 0.308 e. The van der Waals surface area contributed by atoms with E-state index in [1.54, 1.807) is 12.1 Å². The van der Waals surface area contributed by atoms with Crippen molar-refractivity contribution in [3.8, 4) is 11.5 Å². The number of benzene rings is 2. The number of esters is 2. The maximum absolute atomic E-state index is 11.2. The van der Waals surface area contributed by atoms with Gasteiger partial charge in [0.25, 0.3) is 0 Å². The van der Waals surface area contributed by atoms with Crippen LogP contribution in [0.2, 0.25) is 0 Å². The van der Waals surface area contributed by atoms with E-state index in [9.17, 15) is 9.59 Å². The molecule has 23 heavy (non-hydrogen) atoms. The molecule has 0 fully saturated rings. The fraction of sp³-hybridized carbons (Fsp3) is 0.263. The number of hydrogen-bond acceptors (Lipinski definition) is 4. The summed E-state index contributed by atoms with van der Waals surface area (Å²) in [5.41, 5.74) is 4.63. The van der Waals surface area contributed by atoms with Gasteiger partial charge in [0.2, 0.25) is 0 Å². The number of rotatable bonds is 4. The van der Waals surface area contributed by atoms with Gasteiger partial charge in [0.15, 0.2) is 11.5 Å². The number of carbonyl (C=O) groups excluding carboxylic acids is 2. The van der Waals surface area contributed by atoms with Crippen molar-refractivity contribution in [2.75, 3.05) is 0 Å². The van der Waals surface area contributed by atoms with Gasteiger partial charge in [-0.2, -0.15) is 0 Å². The van der Waals surface area contributed by atoms with Crippen LogP contribution in [0.1, 0.15) is 36.1 Å². The monoisotopic (exact) mass is 312 g/mol. The maximum atomic E-state index is 11.2. The first-order valence-corrected chi connectivity index (χ1v) is 7.41. The van der Waals surface area contributed by atoms with E-state index in [0.29, 0.717) is 6.42 Å². The molecule has 0 saturated carbocycles. The lowest BCUT2D eigenvalue weighted by atomic mass is 10.0. The van der Waals surface area contributed by atoms with Gasteiger partial charge in [0, 0.05) is 13.8 Å². The van der Waals surface area contributed by atoms with Crippen molar-refractivity contribution in [3.05, 3.63) is 58.7 Å². The van der Waals surface area contributed by atoms with Crippen LogP contribution in [0.5, 0.6) is 11.5 Å². The molecule has 120 valence electrons. The van der Waals surface area contributed by atoms with Crippen LogP contribution >= 0.6 is 0 Å². The Morgan fingerprint density at radius 3 is 1.96 bits per heavy atom. The van der Waals surface area contributed by atoms with Crippen molar-refractivity contribution < 1.29 is 19.1 Å². The first kappa shape index (κ1) is 16.7. The molecular weight excluding hydrogens is 292 g/mol. The second kappa shape index (κ2) is 7.09. The van der Waals surface area contributed by atoms with E-state index in [2.05, 4.69) is 32.0 Å². The standard InChI is InChI=1S/C19H20O4/c1-12-5-6-16(9-13(12)2)10-17-7-8-18(22-14(3)20)19(11-17)23-15(4)21/h5-9,11H,10H2,1-4H3. The molecule has 0 atom stereocenters. The number of ether oxygens (including phenoxy) is 2. The molecular formula is C19H20O4. The number of aryl methyl sites for hydroxylation is 2.